The molecule has 0 aromatic heterocycles. The summed E-state index contributed by atoms with van der Waals surface area (Å²) in [6.45, 7) is 17.5. The topological polar surface area (TPSA) is 55.4 Å². The van der Waals surface area contributed by atoms with Gasteiger partial charge in [0.2, 0.25) is 0 Å². The molecule has 0 aliphatic carbocycles. The highest BCUT2D eigenvalue weighted by atomic mass is 16.9. The van der Waals surface area contributed by atoms with Gasteiger partial charge in [-0.2, -0.15) is 0 Å². The summed E-state index contributed by atoms with van der Waals surface area (Å²) in [4.78, 5) is 0. The SMILES string of the molecule is CCCCOC(CCCCCCCCCc1ccccc1CCCCCCCCCC(OCCCC)(OCCCC)OCCCC)(OCCCC)OCCCC. The van der Waals surface area contributed by atoms with Crippen molar-refractivity contribution < 1.29 is 28.4 Å². The molecule has 0 amide bonds. The van der Waals surface area contributed by atoms with Crippen molar-refractivity contribution in [1.82, 2.24) is 0 Å². The molecule has 1 rings (SSSR count). The third-order valence-electron chi connectivity index (χ3n) is 10.9. The Bertz CT molecular complexity index is 825. The molecular weight excluding hydrogens is 697 g/mol. The summed E-state index contributed by atoms with van der Waals surface area (Å²) in [6.07, 6.45) is 34.8. The first-order valence-electron chi connectivity index (χ1n) is 24.4. The maximum absolute atomic E-state index is 6.32. The Labute approximate surface area is 348 Å². The molecule has 0 saturated heterocycles. The van der Waals surface area contributed by atoms with Crippen LogP contribution in [0, 0.1) is 0 Å². The number of hydrogen-bond acceptors (Lipinski definition) is 6. The zero-order valence-electron chi connectivity index (χ0n) is 38.2. The van der Waals surface area contributed by atoms with E-state index in [2.05, 4.69) is 65.8 Å². The summed E-state index contributed by atoms with van der Waals surface area (Å²) < 4.78 is 37.9. The van der Waals surface area contributed by atoms with E-state index in [1.165, 1.54) is 89.9 Å². The molecule has 0 atom stereocenters. The summed E-state index contributed by atoms with van der Waals surface area (Å²) in [6, 6.07) is 9.21. The Morgan fingerprint density at radius 1 is 0.304 bits per heavy atom. The van der Waals surface area contributed by atoms with E-state index < -0.39 is 11.9 Å². The molecule has 0 fully saturated rings. The van der Waals surface area contributed by atoms with Gasteiger partial charge in [0, 0.05) is 12.8 Å². The second-order valence-electron chi connectivity index (χ2n) is 16.3. The third kappa shape index (κ3) is 27.6. The van der Waals surface area contributed by atoms with Gasteiger partial charge in [-0.05, 0) is 88.2 Å². The van der Waals surface area contributed by atoms with E-state index in [0.717, 1.165) is 103 Å². The molecule has 0 spiro atoms. The smallest absolute Gasteiger partial charge is 0.282 e. The molecule has 0 radical (unpaired) electrons. The lowest BCUT2D eigenvalue weighted by Gasteiger charge is -2.33. The number of aryl methyl sites for hydroxylation is 2. The fourth-order valence-electron chi connectivity index (χ4n) is 7.04. The van der Waals surface area contributed by atoms with Crippen molar-refractivity contribution in [2.24, 2.45) is 0 Å². The van der Waals surface area contributed by atoms with E-state index in [-0.39, 0.29) is 0 Å². The summed E-state index contributed by atoms with van der Waals surface area (Å²) in [5.41, 5.74) is 3.15. The van der Waals surface area contributed by atoms with Crippen LogP contribution >= 0.6 is 0 Å². The first-order valence-corrected chi connectivity index (χ1v) is 24.4. The molecule has 6 nitrogen and oxygen atoms in total. The fourth-order valence-corrected chi connectivity index (χ4v) is 7.04. The van der Waals surface area contributed by atoms with Crippen LogP contribution in [0.2, 0.25) is 0 Å². The van der Waals surface area contributed by atoms with Gasteiger partial charge >= 0.3 is 0 Å². The molecule has 0 heterocycles. The first-order chi connectivity index (χ1) is 27.5. The summed E-state index contributed by atoms with van der Waals surface area (Å²) in [5.74, 6) is -1.70. The van der Waals surface area contributed by atoms with Crippen molar-refractivity contribution in [3.8, 4) is 0 Å². The number of unbranched alkanes of at least 4 members (excludes halogenated alkanes) is 18. The predicted molar refractivity (Wildman–Crippen MR) is 238 cm³/mol. The average Bonchev–Trinajstić information content (AvgIpc) is 3.20. The van der Waals surface area contributed by atoms with Gasteiger partial charge in [-0.15, -0.1) is 0 Å². The highest BCUT2D eigenvalue weighted by Crippen LogP contribution is 2.28. The Morgan fingerprint density at radius 3 is 0.786 bits per heavy atom. The van der Waals surface area contributed by atoms with Gasteiger partial charge in [0.15, 0.2) is 0 Å². The summed E-state index contributed by atoms with van der Waals surface area (Å²) in [5, 5.41) is 0. The van der Waals surface area contributed by atoms with E-state index in [0.29, 0.717) is 39.6 Å². The molecule has 0 aliphatic rings. The van der Waals surface area contributed by atoms with E-state index in [9.17, 15) is 0 Å². The number of benzene rings is 1. The van der Waals surface area contributed by atoms with Crippen molar-refractivity contribution in [1.29, 1.82) is 0 Å². The lowest BCUT2D eigenvalue weighted by atomic mass is 9.96. The maximum atomic E-state index is 6.32. The van der Waals surface area contributed by atoms with Crippen LogP contribution < -0.4 is 0 Å². The Balaban J connectivity index is 2.34. The predicted octanol–water partition coefficient (Wildman–Crippen LogP) is 15.2. The fraction of sp³-hybridized carbons (Fsp3) is 0.880. The summed E-state index contributed by atoms with van der Waals surface area (Å²) in [7, 11) is 0. The molecule has 330 valence electrons. The molecule has 0 N–H and O–H groups in total. The molecule has 1 aromatic rings. The molecule has 6 heteroatoms. The van der Waals surface area contributed by atoms with Crippen LogP contribution in [0.4, 0.5) is 0 Å². The van der Waals surface area contributed by atoms with Gasteiger partial charge in [0.25, 0.3) is 11.9 Å². The van der Waals surface area contributed by atoms with Gasteiger partial charge in [0.1, 0.15) is 0 Å². The van der Waals surface area contributed by atoms with E-state index >= 15 is 0 Å². The molecule has 0 unspecified atom stereocenters. The van der Waals surface area contributed by atoms with E-state index in [4.69, 9.17) is 28.4 Å². The zero-order valence-corrected chi connectivity index (χ0v) is 38.2. The van der Waals surface area contributed by atoms with Crippen LogP contribution in [0.5, 0.6) is 0 Å². The van der Waals surface area contributed by atoms with Crippen LogP contribution in [0.3, 0.4) is 0 Å². The van der Waals surface area contributed by atoms with Crippen molar-refractivity contribution in [2.45, 2.75) is 246 Å². The van der Waals surface area contributed by atoms with E-state index in [1.807, 2.05) is 0 Å². The minimum Gasteiger partial charge on any atom is -0.327 e. The number of hydrogen-bond donors (Lipinski definition) is 0. The van der Waals surface area contributed by atoms with Crippen LogP contribution in [-0.2, 0) is 41.3 Å². The van der Waals surface area contributed by atoms with Crippen molar-refractivity contribution in [3.63, 3.8) is 0 Å². The molecule has 1 aromatic carbocycles. The molecule has 0 saturated carbocycles. The highest BCUT2D eigenvalue weighted by Gasteiger charge is 2.34. The third-order valence-corrected chi connectivity index (χ3v) is 10.9. The average molecular weight is 791 g/mol. The van der Waals surface area contributed by atoms with Crippen LogP contribution in [-0.4, -0.2) is 51.6 Å². The van der Waals surface area contributed by atoms with E-state index in [1.54, 1.807) is 11.1 Å². The van der Waals surface area contributed by atoms with Gasteiger partial charge in [-0.3, -0.25) is 0 Å². The quantitative estimate of drug-likeness (QED) is 0.0485. The van der Waals surface area contributed by atoms with Crippen LogP contribution in [0.15, 0.2) is 24.3 Å². The second kappa shape index (κ2) is 38.2. The Morgan fingerprint density at radius 2 is 0.536 bits per heavy atom. The molecule has 0 aliphatic heterocycles. The summed E-state index contributed by atoms with van der Waals surface area (Å²) >= 11 is 0. The van der Waals surface area contributed by atoms with Gasteiger partial charge in [-0.25, -0.2) is 0 Å². The lowest BCUT2D eigenvalue weighted by Crippen LogP contribution is -2.40. The maximum Gasteiger partial charge on any atom is 0.282 e. The standard InChI is InChI=1S/C50H94O6/c1-7-13-41-51-49(52-42-14-8-2,53-43-15-9-3)39-33-27-23-19-21-25-29-35-47-37-31-32-38-48(47)36-30-26-22-20-24-28-34-40-50(54-44-16-10-4,55-45-17-11-5)56-46-18-12-6/h31-32,37-38H,7-30,33-36,39-46H2,1-6H3. The zero-order chi connectivity index (χ0) is 40.7. The van der Waals surface area contributed by atoms with Crippen LogP contribution in [0.25, 0.3) is 0 Å². The largest absolute Gasteiger partial charge is 0.327 e. The minimum atomic E-state index is -0.850. The number of rotatable bonds is 44. The minimum absolute atomic E-state index is 0.709. The lowest BCUT2D eigenvalue weighted by molar-refractivity contribution is -0.384. The van der Waals surface area contributed by atoms with Crippen molar-refractivity contribution in [3.05, 3.63) is 35.4 Å². The normalized spacial score (nSPS) is 12.2. The molecule has 0 bridgehead atoms. The van der Waals surface area contributed by atoms with Crippen LogP contribution in [0.1, 0.15) is 232 Å². The second-order valence-corrected chi connectivity index (χ2v) is 16.3. The molecule has 56 heavy (non-hydrogen) atoms. The van der Waals surface area contributed by atoms with Crippen molar-refractivity contribution in [2.75, 3.05) is 39.6 Å². The highest BCUT2D eigenvalue weighted by molar-refractivity contribution is 5.27. The van der Waals surface area contributed by atoms with Crippen molar-refractivity contribution >= 4 is 0 Å². The molecular formula is C50H94O6. The Hall–Kier alpha value is -1.02. The van der Waals surface area contributed by atoms with Gasteiger partial charge in [-0.1, -0.05) is 169 Å². The monoisotopic (exact) mass is 791 g/mol. The first kappa shape index (κ1) is 53.0. The number of ether oxygens (including phenoxy) is 6. The van der Waals surface area contributed by atoms with Gasteiger partial charge in [0.05, 0.1) is 39.6 Å². The Kier molecular flexibility index (Phi) is 36.2. The van der Waals surface area contributed by atoms with Gasteiger partial charge < -0.3 is 28.4 Å².